The zero-order valence-corrected chi connectivity index (χ0v) is 8.06. The van der Waals surface area contributed by atoms with Crippen molar-refractivity contribution in [1.29, 1.82) is 0 Å². The Morgan fingerprint density at radius 3 is 2.67 bits per heavy atom. The standard InChI is InChI=1S/C10H19NO/c1-9(2)5-4-6-10(3)7-11-8-12/h6,11-12H,1,4-5,7-8H2,2-3H3/b10-6+. The molecule has 0 saturated heterocycles. The minimum absolute atomic E-state index is 0.0473. The summed E-state index contributed by atoms with van der Waals surface area (Å²) in [5.41, 5.74) is 2.49. The van der Waals surface area contributed by atoms with E-state index in [2.05, 4.69) is 24.9 Å². The summed E-state index contributed by atoms with van der Waals surface area (Å²) in [4.78, 5) is 0. The van der Waals surface area contributed by atoms with Gasteiger partial charge in [-0.05, 0) is 26.7 Å². The van der Waals surface area contributed by atoms with Crippen molar-refractivity contribution in [1.82, 2.24) is 5.32 Å². The first-order chi connectivity index (χ1) is 5.66. The Labute approximate surface area is 75.0 Å². The number of aliphatic hydroxyl groups excluding tert-OH is 1. The highest BCUT2D eigenvalue weighted by Gasteiger charge is 1.88. The van der Waals surface area contributed by atoms with Gasteiger partial charge < -0.3 is 5.11 Å². The Kier molecular flexibility index (Phi) is 6.72. The molecule has 0 aromatic heterocycles. The van der Waals surface area contributed by atoms with E-state index < -0.39 is 0 Å². The molecular formula is C10H19NO. The minimum atomic E-state index is 0.0473. The first-order valence-corrected chi connectivity index (χ1v) is 4.28. The molecule has 70 valence electrons. The molecule has 0 spiro atoms. The molecule has 2 heteroatoms. The van der Waals surface area contributed by atoms with Gasteiger partial charge in [-0.1, -0.05) is 17.2 Å². The Balaban J connectivity index is 3.47. The van der Waals surface area contributed by atoms with Crippen LogP contribution >= 0.6 is 0 Å². The predicted molar refractivity (Wildman–Crippen MR) is 52.9 cm³/mol. The fourth-order valence-corrected chi connectivity index (χ4v) is 0.890. The summed E-state index contributed by atoms with van der Waals surface area (Å²) >= 11 is 0. The molecule has 0 aromatic rings. The lowest BCUT2D eigenvalue weighted by Gasteiger charge is -2.01. The molecule has 12 heavy (non-hydrogen) atoms. The van der Waals surface area contributed by atoms with Crippen LogP contribution in [0.25, 0.3) is 0 Å². The van der Waals surface area contributed by atoms with Crippen molar-refractivity contribution >= 4 is 0 Å². The molecule has 0 bridgehead atoms. The quantitative estimate of drug-likeness (QED) is 0.469. The maximum Gasteiger partial charge on any atom is 0.0934 e. The lowest BCUT2D eigenvalue weighted by molar-refractivity contribution is 0.266. The highest BCUT2D eigenvalue weighted by Crippen LogP contribution is 2.03. The lowest BCUT2D eigenvalue weighted by atomic mass is 10.1. The van der Waals surface area contributed by atoms with Crippen molar-refractivity contribution in [2.24, 2.45) is 0 Å². The second kappa shape index (κ2) is 7.07. The normalized spacial score (nSPS) is 11.8. The van der Waals surface area contributed by atoms with Crippen LogP contribution in [0.15, 0.2) is 23.8 Å². The topological polar surface area (TPSA) is 32.3 Å². The monoisotopic (exact) mass is 169 g/mol. The number of aliphatic hydroxyl groups is 1. The molecular weight excluding hydrogens is 150 g/mol. The Hall–Kier alpha value is -0.600. The van der Waals surface area contributed by atoms with Crippen LogP contribution in [0.4, 0.5) is 0 Å². The first kappa shape index (κ1) is 11.4. The largest absolute Gasteiger partial charge is 0.381 e. The summed E-state index contributed by atoms with van der Waals surface area (Å²) in [6.45, 7) is 8.74. The Morgan fingerprint density at radius 1 is 1.50 bits per heavy atom. The number of allylic oxidation sites excluding steroid dienone is 2. The maximum absolute atomic E-state index is 8.48. The second-order valence-corrected chi connectivity index (χ2v) is 3.13. The summed E-state index contributed by atoms with van der Waals surface area (Å²) < 4.78 is 0. The summed E-state index contributed by atoms with van der Waals surface area (Å²) in [6, 6.07) is 0. The molecule has 0 rings (SSSR count). The first-order valence-electron chi connectivity index (χ1n) is 4.28. The molecule has 0 radical (unpaired) electrons. The smallest absolute Gasteiger partial charge is 0.0934 e. The van der Waals surface area contributed by atoms with Gasteiger partial charge in [-0.15, -0.1) is 6.58 Å². The van der Waals surface area contributed by atoms with Gasteiger partial charge >= 0.3 is 0 Å². The number of hydrogen-bond acceptors (Lipinski definition) is 2. The zero-order valence-electron chi connectivity index (χ0n) is 8.06. The van der Waals surface area contributed by atoms with Crippen molar-refractivity contribution in [3.63, 3.8) is 0 Å². The average molecular weight is 169 g/mol. The molecule has 0 aliphatic carbocycles. The molecule has 2 nitrogen and oxygen atoms in total. The maximum atomic E-state index is 8.48. The van der Waals surface area contributed by atoms with E-state index in [0.717, 1.165) is 19.4 Å². The van der Waals surface area contributed by atoms with E-state index >= 15 is 0 Å². The summed E-state index contributed by atoms with van der Waals surface area (Å²) in [6.07, 6.45) is 4.28. The molecule has 0 aliphatic heterocycles. The van der Waals surface area contributed by atoms with Crippen LogP contribution in [0.3, 0.4) is 0 Å². The molecule has 0 saturated carbocycles. The van der Waals surface area contributed by atoms with Crippen LogP contribution in [-0.2, 0) is 0 Å². The third kappa shape index (κ3) is 7.51. The fourth-order valence-electron chi connectivity index (χ4n) is 0.890. The highest BCUT2D eigenvalue weighted by atomic mass is 16.3. The van der Waals surface area contributed by atoms with E-state index in [9.17, 15) is 0 Å². The third-order valence-corrected chi connectivity index (χ3v) is 1.58. The van der Waals surface area contributed by atoms with Crippen molar-refractivity contribution in [3.8, 4) is 0 Å². The van der Waals surface area contributed by atoms with Crippen LogP contribution in [-0.4, -0.2) is 18.4 Å². The molecule has 0 aliphatic rings. The van der Waals surface area contributed by atoms with E-state index in [4.69, 9.17) is 5.11 Å². The molecule has 0 heterocycles. The van der Waals surface area contributed by atoms with Crippen molar-refractivity contribution < 1.29 is 5.11 Å². The predicted octanol–water partition coefficient (Wildman–Crippen LogP) is 1.83. The van der Waals surface area contributed by atoms with E-state index in [1.54, 1.807) is 0 Å². The van der Waals surface area contributed by atoms with Crippen LogP contribution < -0.4 is 5.32 Å². The number of hydrogen-bond donors (Lipinski definition) is 2. The van der Waals surface area contributed by atoms with Crippen molar-refractivity contribution in [2.75, 3.05) is 13.3 Å². The molecule has 0 amide bonds. The van der Waals surface area contributed by atoms with Gasteiger partial charge in [0.05, 0.1) is 6.73 Å². The number of rotatable bonds is 6. The van der Waals surface area contributed by atoms with Gasteiger partial charge in [0.1, 0.15) is 0 Å². The molecule has 0 unspecified atom stereocenters. The van der Waals surface area contributed by atoms with E-state index in [1.165, 1.54) is 11.1 Å². The van der Waals surface area contributed by atoms with Crippen LogP contribution in [0.5, 0.6) is 0 Å². The minimum Gasteiger partial charge on any atom is -0.381 e. The zero-order chi connectivity index (χ0) is 9.40. The lowest BCUT2D eigenvalue weighted by Crippen LogP contribution is -2.16. The van der Waals surface area contributed by atoms with E-state index in [1.807, 2.05) is 6.92 Å². The van der Waals surface area contributed by atoms with Gasteiger partial charge in [0, 0.05) is 6.54 Å². The number of nitrogens with one attached hydrogen (secondary N) is 1. The summed E-state index contributed by atoms with van der Waals surface area (Å²) in [5.74, 6) is 0. The van der Waals surface area contributed by atoms with Crippen molar-refractivity contribution in [2.45, 2.75) is 26.7 Å². The molecule has 2 N–H and O–H groups in total. The third-order valence-electron chi connectivity index (χ3n) is 1.58. The molecule has 0 atom stereocenters. The molecule has 0 fully saturated rings. The van der Waals surface area contributed by atoms with Crippen molar-refractivity contribution in [3.05, 3.63) is 23.8 Å². The SMILES string of the molecule is C=C(C)CC/C=C(\C)CNCO. The van der Waals surface area contributed by atoms with E-state index in [-0.39, 0.29) is 6.73 Å². The van der Waals surface area contributed by atoms with E-state index in [0.29, 0.717) is 0 Å². The molecule has 0 aromatic carbocycles. The van der Waals surface area contributed by atoms with Gasteiger partial charge in [0.25, 0.3) is 0 Å². The summed E-state index contributed by atoms with van der Waals surface area (Å²) in [5, 5.41) is 11.3. The Bertz CT molecular complexity index is 161. The van der Waals surface area contributed by atoms with Gasteiger partial charge in [-0.25, -0.2) is 0 Å². The highest BCUT2D eigenvalue weighted by molar-refractivity contribution is 5.02. The van der Waals surface area contributed by atoms with Gasteiger partial charge in [-0.3, -0.25) is 5.32 Å². The van der Waals surface area contributed by atoms with Crippen LogP contribution in [0.1, 0.15) is 26.7 Å². The fraction of sp³-hybridized carbons (Fsp3) is 0.600. The van der Waals surface area contributed by atoms with Crippen LogP contribution in [0.2, 0.25) is 0 Å². The van der Waals surface area contributed by atoms with Gasteiger partial charge in [0.15, 0.2) is 0 Å². The second-order valence-electron chi connectivity index (χ2n) is 3.13. The Morgan fingerprint density at radius 2 is 2.17 bits per heavy atom. The van der Waals surface area contributed by atoms with Gasteiger partial charge in [-0.2, -0.15) is 0 Å². The summed E-state index contributed by atoms with van der Waals surface area (Å²) in [7, 11) is 0. The van der Waals surface area contributed by atoms with Gasteiger partial charge in [0.2, 0.25) is 0 Å². The van der Waals surface area contributed by atoms with Crippen LogP contribution in [0, 0.1) is 0 Å². The average Bonchev–Trinajstić information content (AvgIpc) is 2.00.